The Bertz CT molecular complexity index is 1460. The summed E-state index contributed by atoms with van der Waals surface area (Å²) in [6.45, 7) is 7.92. The average molecular weight is 612 g/mol. The van der Waals surface area contributed by atoms with Crippen molar-refractivity contribution < 1.29 is 27.1 Å². The van der Waals surface area contributed by atoms with Crippen LogP contribution in [0.2, 0.25) is 0 Å². The van der Waals surface area contributed by atoms with Crippen LogP contribution in [0.15, 0.2) is 78.9 Å². The lowest BCUT2D eigenvalue weighted by atomic mass is 10.00. The molecule has 0 fully saturated rings. The van der Waals surface area contributed by atoms with E-state index >= 15 is 0 Å². The van der Waals surface area contributed by atoms with E-state index in [-0.39, 0.29) is 44.2 Å². The number of para-hydroxylation sites is 2. The third-order valence-electron chi connectivity index (χ3n) is 6.62. The normalized spacial score (nSPS) is 12.3. The number of amides is 2. The number of anilines is 1. The van der Waals surface area contributed by atoms with Gasteiger partial charge in [-0.3, -0.25) is 13.9 Å². The Hall–Kier alpha value is -3.92. The summed E-state index contributed by atoms with van der Waals surface area (Å²) in [6.07, 6.45) is 1.57. The molecule has 0 aliphatic carbocycles. The summed E-state index contributed by atoms with van der Waals surface area (Å²) in [5.74, 6) is -0.598. The minimum absolute atomic E-state index is 0.0158. The molecule has 0 heterocycles. The molecule has 0 saturated carbocycles. The molecular weight excluding hydrogens is 569 g/mol. The number of ether oxygens (including phenoxy) is 1. The minimum Gasteiger partial charge on any atom is -0.492 e. The van der Waals surface area contributed by atoms with Crippen LogP contribution in [-0.4, -0.2) is 56.1 Å². The molecule has 0 bridgehead atoms. The van der Waals surface area contributed by atoms with Crippen molar-refractivity contribution in [2.45, 2.75) is 65.1 Å². The van der Waals surface area contributed by atoms with E-state index in [0.717, 1.165) is 11.8 Å². The Morgan fingerprint density at radius 1 is 0.930 bits per heavy atom. The molecule has 43 heavy (non-hydrogen) atoms. The lowest BCUT2D eigenvalue weighted by Gasteiger charge is -2.34. The van der Waals surface area contributed by atoms with Crippen LogP contribution < -0.4 is 14.4 Å². The van der Waals surface area contributed by atoms with Gasteiger partial charge in [0.2, 0.25) is 21.8 Å². The highest BCUT2D eigenvalue weighted by Gasteiger charge is 2.32. The first-order chi connectivity index (χ1) is 20.3. The largest absolute Gasteiger partial charge is 0.492 e. The van der Waals surface area contributed by atoms with E-state index in [4.69, 9.17) is 4.74 Å². The molecule has 0 radical (unpaired) electrons. The van der Waals surface area contributed by atoms with Crippen molar-refractivity contribution in [3.05, 3.63) is 95.8 Å². The van der Waals surface area contributed by atoms with Gasteiger partial charge in [0, 0.05) is 31.5 Å². The van der Waals surface area contributed by atoms with Gasteiger partial charge >= 0.3 is 0 Å². The zero-order chi connectivity index (χ0) is 31.6. The Morgan fingerprint density at radius 2 is 1.56 bits per heavy atom. The van der Waals surface area contributed by atoms with Crippen LogP contribution in [0.25, 0.3) is 0 Å². The van der Waals surface area contributed by atoms with Crippen molar-refractivity contribution in [3.8, 4) is 5.75 Å². The van der Waals surface area contributed by atoms with E-state index in [1.807, 2.05) is 58.0 Å². The summed E-state index contributed by atoms with van der Waals surface area (Å²) < 4.78 is 46.2. The number of carbonyl (C=O) groups excluding carboxylic acids is 2. The summed E-state index contributed by atoms with van der Waals surface area (Å²) in [7, 11) is -3.69. The first kappa shape index (κ1) is 33.6. The summed E-state index contributed by atoms with van der Waals surface area (Å²) in [5, 5.41) is 3.01. The zero-order valence-corrected chi connectivity index (χ0v) is 26.4. The number of halogens is 1. The molecule has 3 aromatic carbocycles. The van der Waals surface area contributed by atoms with Gasteiger partial charge in [0.25, 0.3) is 0 Å². The second kappa shape index (κ2) is 15.0. The van der Waals surface area contributed by atoms with Crippen LogP contribution in [0.3, 0.4) is 0 Å². The highest BCUT2D eigenvalue weighted by molar-refractivity contribution is 7.92. The van der Waals surface area contributed by atoms with Crippen molar-refractivity contribution in [1.29, 1.82) is 0 Å². The topological polar surface area (TPSA) is 96.0 Å². The van der Waals surface area contributed by atoms with Crippen molar-refractivity contribution >= 4 is 27.5 Å². The minimum atomic E-state index is -3.69. The van der Waals surface area contributed by atoms with E-state index in [2.05, 4.69) is 5.32 Å². The van der Waals surface area contributed by atoms with E-state index in [1.165, 1.54) is 21.3 Å². The molecule has 0 saturated heterocycles. The monoisotopic (exact) mass is 611 g/mol. The number of nitrogens with one attached hydrogen (secondary N) is 1. The number of hydrogen-bond acceptors (Lipinski definition) is 5. The van der Waals surface area contributed by atoms with Gasteiger partial charge in [-0.05, 0) is 69.5 Å². The zero-order valence-electron chi connectivity index (χ0n) is 25.5. The Kier molecular flexibility index (Phi) is 11.7. The Balaban J connectivity index is 1.91. The molecule has 1 atom stereocenters. The number of benzene rings is 3. The fraction of sp³-hybridized carbons (Fsp3) is 0.394. The predicted molar refractivity (Wildman–Crippen MR) is 168 cm³/mol. The van der Waals surface area contributed by atoms with Crippen LogP contribution in [-0.2, 0) is 32.6 Å². The first-order valence-electron chi connectivity index (χ1n) is 14.4. The Labute approximate surface area is 254 Å². The fourth-order valence-electron chi connectivity index (χ4n) is 4.72. The van der Waals surface area contributed by atoms with Gasteiger partial charge in [-0.25, -0.2) is 12.8 Å². The third-order valence-corrected chi connectivity index (χ3v) is 7.80. The molecule has 3 aromatic rings. The van der Waals surface area contributed by atoms with Crippen molar-refractivity contribution in [2.24, 2.45) is 0 Å². The highest BCUT2D eigenvalue weighted by Crippen LogP contribution is 2.30. The maximum absolute atomic E-state index is 13.9. The first-order valence-corrected chi connectivity index (χ1v) is 16.2. The van der Waals surface area contributed by atoms with E-state index in [0.29, 0.717) is 23.6 Å². The van der Waals surface area contributed by atoms with Gasteiger partial charge in [-0.1, -0.05) is 54.6 Å². The molecule has 10 heteroatoms. The number of rotatable bonds is 14. The predicted octanol–water partition coefficient (Wildman–Crippen LogP) is 5.33. The second-order valence-electron chi connectivity index (χ2n) is 11.4. The molecule has 0 unspecified atom stereocenters. The van der Waals surface area contributed by atoms with E-state index in [9.17, 15) is 22.4 Å². The molecule has 2 amide bonds. The molecular formula is C33H42FN3O5S. The van der Waals surface area contributed by atoms with Gasteiger partial charge in [0.15, 0.2) is 0 Å². The molecule has 232 valence electrons. The molecule has 3 rings (SSSR count). The van der Waals surface area contributed by atoms with Crippen LogP contribution in [0.1, 0.15) is 51.7 Å². The van der Waals surface area contributed by atoms with Crippen molar-refractivity contribution in [2.75, 3.05) is 23.7 Å². The summed E-state index contributed by atoms with van der Waals surface area (Å²) in [4.78, 5) is 29.1. The summed E-state index contributed by atoms with van der Waals surface area (Å²) in [6, 6.07) is 21.3. The maximum atomic E-state index is 13.9. The van der Waals surface area contributed by atoms with Gasteiger partial charge < -0.3 is 15.0 Å². The number of nitrogens with zero attached hydrogens (tertiary/aromatic N) is 2. The molecule has 0 aliphatic heterocycles. The summed E-state index contributed by atoms with van der Waals surface area (Å²) >= 11 is 0. The SMILES string of the molecule is CCOc1ccccc1N(CCCC(=O)N(Cc1ccc(F)cc1)[C@@H](Cc1ccccc1)C(=O)NC(C)(C)C)S(C)(=O)=O. The second-order valence-corrected chi connectivity index (χ2v) is 13.3. The van der Waals surface area contributed by atoms with Gasteiger partial charge in [0.05, 0.1) is 18.6 Å². The lowest BCUT2D eigenvalue weighted by molar-refractivity contribution is -0.142. The maximum Gasteiger partial charge on any atom is 0.243 e. The van der Waals surface area contributed by atoms with Crippen LogP contribution in [0.4, 0.5) is 10.1 Å². The van der Waals surface area contributed by atoms with Gasteiger partial charge in [-0.15, -0.1) is 0 Å². The van der Waals surface area contributed by atoms with Crippen molar-refractivity contribution in [1.82, 2.24) is 10.2 Å². The van der Waals surface area contributed by atoms with E-state index in [1.54, 1.807) is 36.4 Å². The lowest BCUT2D eigenvalue weighted by Crippen LogP contribution is -2.54. The highest BCUT2D eigenvalue weighted by atomic mass is 32.2. The third kappa shape index (κ3) is 10.4. The average Bonchev–Trinajstić information content (AvgIpc) is 2.93. The Morgan fingerprint density at radius 3 is 2.16 bits per heavy atom. The summed E-state index contributed by atoms with van der Waals surface area (Å²) in [5.41, 5.74) is 1.40. The number of carbonyl (C=O) groups is 2. The molecule has 1 N–H and O–H groups in total. The molecule has 0 aromatic heterocycles. The van der Waals surface area contributed by atoms with Crippen LogP contribution in [0, 0.1) is 5.82 Å². The number of hydrogen-bond donors (Lipinski definition) is 1. The number of sulfonamides is 1. The standard InChI is InChI=1S/C33H42FN3O5S/c1-6-42-30-16-11-10-15-28(30)37(43(5,40)41)22-12-17-31(38)36(24-26-18-20-27(34)21-19-26)29(32(39)35-33(2,3)4)23-25-13-8-7-9-14-25/h7-11,13-16,18-21,29H,6,12,17,22-24H2,1-5H3,(H,35,39)/t29-/m0/s1. The van der Waals surface area contributed by atoms with Crippen LogP contribution >= 0.6 is 0 Å². The van der Waals surface area contributed by atoms with Gasteiger partial charge in [0.1, 0.15) is 17.6 Å². The fourth-order valence-corrected chi connectivity index (χ4v) is 5.69. The van der Waals surface area contributed by atoms with Gasteiger partial charge in [-0.2, -0.15) is 0 Å². The molecule has 0 aliphatic rings. The molecule has 8 nitrogen and oxygen atoms in total. The van der Waals surface area contributed by atoms with Crippen molar-refractivity contribution in [3.63, 3.8) is 0 Å². The quantitative estimate of drug-likeness (QED) is 0.266. The van der Waals surface area contributed by atoms with Crippen LogP contribution in [0.5, 0.6) is 5.75 Å². The van der Waals surface area contributed by atoms with E-state index < -0.39 is 27.4 Å². The smallest absolute Gasteiger partial charge is 0.243 e. The molecule has 0 spiro atoms.